The van der Waals surface area contributed by atoms with Crippen molar-refractivity contribution in [2.45, 2.75) is 6.54 Å². The first kappa shape index (κ1) is 10.6. The van der Waals surface area contributed by atoms with Gasteiger partial charge in [0.25, 0.3) is 0 Å². The molecule has 0 saturated carbocycles. The molecule has 0 aromatic carbocycles. The molecule has 15 heavy (non-hydrogen) atoms. The second-order valence-electron chi connectivity index (χ2n) is 3.24. The van der Waals surface area contributed by atoms with Crippen LogP contribution in [-0.4, -0.2) is 36.2 Å². The molecule has 0 N–H and O–H groups in total. The van der Waals surface area contributed by atoms with Crippen LogP contribution in [0.3, 0.4) is 0 Å². The zero-order chi connectivity index (χ0) is 10.5. The van der Waals surface area contributed by atoms with E-state index in [2.05, 4.69) is 15.8 Å². The summed E-state index contributed by atoms with van der Waals surface area (Å²) >= 11 is 1.44. The molecule has 5 heteroatoms. The van der Waals surface area contributed by atoms with Crippen molar-refractivity contribution < 1.29 is 9.13 Å². The number of hydrogen-bond donors (Lipinski definition) is 0. The normalized spacial score (nSPS) is 17.1. The Kier molecular flexibility index (Phi) is 3.67. The maximum Gasteiger partial charge on any atom is 0.169 e. The number of hydrogen-bond acceptors (Lipinski definition) is 4. The summed E-state index contributed by atoms with van der Waals surface area (Å²) in [6.45, 7) is 4.32. The summed E-state index contributed by atoms with van der Waals surface area (Å²) in [6.07, 6.45) is 3.13. The Morgan fingerprint density at radius 3 is 3.07 bits per heavy atom. The zero-order valence-corrected chi connectivity index (χ0v) is 9.02. The summed E-state index contributed by atoms with van der Waals surface area (Å²) in [7, 11) is 0. The highest BCUT2D eigenvalue weighted by atomic mass is 32.1. The number of nitrogens with zero attached hydrogens (tertiary/aromatic N) is 2. The Labute approximate surface area is 91.9 Å². The highest BCUT2D eigenvalue weighted by molar-refractivity contribution is 7.12. The van der Waals surface area contributed by atoms with Crippen molar-refractivity contribution >= 4 is 11.3 Å². The molecule has 1 aliphatic heterocycles. The van der Waals surface area contributed by atoms with E-state index in [1.807, 2.05) is 0 Å². The van der Waals surface area contributed by atoms with Gasteiger partial charge in [-0.3, -0.25) is 4.90 Å². The second-order valence-corrected chi connectivity index (χ2v) is 4.35. The number of thiazole rings is 1. The van der Waals surface area contributed by atoms with E-state index in [-0.39, 0.29) is 0 Å². The molecule has 2 heterocycles. The van der Waals surface area contributed by atoms with Gasteiger partial charge in [0.2, 0.25) is 0 Å². The summed E-state index contributed by atoms with van der Waals surface area (Å²) in [5.74, 6) is 2.31. The van der Waals surface area contributed by atoms with Crippen molar-refractivity contribution in [1.82, 2.24) is 9.88 Å². The van der Waals surface area contributed by atoms with Crippen LogP contribution < -0.4 is 0 Å². The minimum atomic E-state index is 0.542. The highest BCUT2D eigenvalue weighted by Crippen LogP contribution is 2.15. The molecule has 0 spiro atoms. The summed E-state index contributed by atoms with van der Waals surface area (Å²) in [6, 6.07) is 0. The summed E-state index contributed by atoms with van der Waals surface area (Å²) < 4.78 is 17.0. The third-order valence-corrected chi connectivity index (χ3v) is 3.09. The molecule has 1 saturated heterocycles. The number of ether oxygens (including phenoxy) is 1. The van der Waals surface area contributed by atoms with E-state index in [4.69, 9.17) is 4.74 Å². The van der Waals surface area contributed by atoms with Gasteiger partial charge >= 0.3 is 0 Å². The van der Waals surface area contributed by atoms with Gasteiger partial charge in [-0.2, -0.15) is 0 Å². The predicted octanol–water partition coefficient (Wildman–Crippen LogP) is 1.25. The second kappa shape index (κ2) is 5.21. The van der Waals surface area contributed by atoms with Gasteiger partial charge in [0.15, 0.2) is 5.01 Å². The molecule has 0 amide bonds. The van der Waals surface area contributed by atoms with E-state index in [0.717, 1.165) is 37.7 Å². The van der Waals surface area contributed by atoms with Crippen LogP contribution in [0.15, 0.2) is 6.20 Å². The fourth-order valence-corrected chi connectivity index (χ4v) is 2.25. The van der Waals surface area contributed by atoms with Crippen molar-refractivity contribution in [1.29, 1.82) is 0 Å². The summed E-state index contributed by atoms with van der Waals surface area (Å²) in [4.78, 5) is 7.43. The van der Waals surface area contributed by atoms with E-state index in [1.165, 1.54) is 17.5 Å². The first-order valence-electron chi connectivity index (χ1n) is 4.75. The van der Waals surface area contributed by atoms with Crippen LogP contribution in [0.25, 0.3) is 0 Å². The Hall–Kier alpha value is -0.960. The average Bonchev–Trinajstić information content (AvgIpc) is 2.68. The highest BCUT2D eigenvalue weighted by Gasteiger charge is 2.11. The summed E-state index contributed by atoms with van der Waals surface area (Å²) in [5, 5.41) is 0.542. The average molecular weight is 226 g/mol. The van der Waals surface area contributed by atoms with Gasteiger partial charge in [-0.15, -0.1) is 15.7 Å². The molecule has 80 valence electrons. The smallest absolute Gasteiger partial charge is 0.169 e. The molecule has 3 nitrogen and oxygen atoms in total. The third kappa shape index (κ3) is 2.99. The van der Waals surface area contributed by atoms with Crippen molar-refractivity contribution in [2.24, 2.45) is 0 Å². The number of morpholine rings is 1. The lowest BCUT2D eigenvalue weighted by atomic mass is 10.4. The first-order valence-corrected chi connectivity index (χ1v) is 5.56. The largest absolute Gasteiger partial charge is 0.379 e. The Balaban J connectivity index is 1.93. The van der Waals surface area contributed by atoms with Gasteiger partial charge < -0.3 is 4.74 Å². The fraction of sp³-hybridized carbons (Fsp3) is 0.500. The molecule has 1 aromatic rings. The maximum atomic E-state index is 11.7. The van der Waals surface area contributed by atoms with Crippen molar-refractivity contribution in [3.8, 4) is 12.1 Å². The van der Waals surface area contributed by atoms with Crippen LogP contribution >= 0.6 is 11.3 Å². The number of aromatic nitrogens is 1. The molecule has 2 rings (SSSR count). The molecule has 0 atom stereocenters. The first-order chi connectivity index (χ1) is 7.38. The Bertz CT molecular complexity index is 376. The van der Waals surface area contributed by atoms with Gasteiger partial charge in [0.05, 0.1) is 13.2 Å². The molecule has 1 fully saturated rings. The van der Waals surface area contributed by atoms with E-state index in [1.54, 1.807) is 6.20 Å². The molecule has 0 aliphatic carbocycles. The van der Waals surface area contributed by atoms with Crippen molar-refractivity contribution in [2.75, 3.05) is 26.3 Å². The van der Waals surface area contributed by atoms with E-state index >= 15 is 0 Å². The van der Waals surface area contributed by atoms with Crippen LogP contribution in [0.4, 0.5) is 4.39 Å². The minimum Gasteiger partial charge on any atom is -0.379 e. The summed E-state index contributed by atoms with van der Waals surface area (Å²) in [5.41, 5.74) is 0. The lowest BCUT2D eigenvalue weighted by molar-refractivity contribution is 0.0346. The lowest BCUT2D eigenvalue weighted by Gasteiger charge is -2.25. The van der Waals surface area contributed by atoms with Gasteiger partial charge in [0.1, 0.15) is 6.17 Å². The fourth-order valence-electron chi connectivity index (χ4n) is 1.46. The molecule has 0 radical (unpaired) electrons. The van der Waals surface area contributed by atoms with E-state index < -0.39 is 0 Å². The quantitative estimate of drug-likeness (QED) is 0.710. The number of rotatable bonds is 2. The SMILES string of the molecule is FC#Cc1ncc(CN2CCOCC2)s1. The maximum absolute atomic E-state index is 11.7. The Morgan fingerprint density at radius 1 is 1.53 bits per heavy atom. The van der Waals surface area contributed by atoms with Gasteiger partial charge in [-0.05, 0) is 0 Å². The molecular weight excluding hydrogens is 215 g/mol. The minimum absolute atomic E-state index is 0.542. The van der Waals surface area contributed by atoms with Crippen molar-refractivity contribution in [3.63, 3.8) is 0 Å². The molecular formula is C10H11FN2OS. The van der Waals surface area contributed by atoms with Crippen LogP contribution in [0.5, 0.6) is 0 Å². The van der Waals surface area contributed by atoms with Gasteiger partial charge in [0, 0.05) is 36.6 Å². The van der Waals surface area contributed by atoms with E-state index in [0.29, 0.717) is 5.01 Å². The Morgan fingerprint density at radius 2 is 2.33 bits per heavy atom. The molecule has 1 aromatic heterocycles. The van der Waals surface area contributed by atoms with E-state index in [9.17, 15) is 4.39 Å². The molecule has 0 unspecified atom stereocenters. The molecule has 1 aliphatic rings. The van der Waals surface area contributed by atoms with Crippen LogP contribution in [0.1, 0.15) is 9.88 Å². The van der Waals surface area contributed by atoms with Crippen LogP contribution in [0, 0.1) is 12.1 Å². The third-order valence-electron chi connectivity index (χ3n) is 2.19. The monoisotopic (exact) mass is 226 g/mol. The van der Waals surface area contributed by atoms with Gasteiger partial charge in [-0.25, -0.2) is 4.98 Å². The lowest BCUT2D eigenvalue weighted by Crippen LogP contribution is -2.35. The molecule has 0 bridgehead atoms. The zero-order valence-electron chi connectivity index (χ0n) is 8.20. The number of halogens is 1. The van der Waals surface area contributed by atoms with Crippen molar-refractivity contribution in [3.05, 3.63) is 16.1 Å². The van der Waals surface area contributed by atoms with Crippen LogP contribution in [-0.2, 0) is 11.3 Å². The van der Waals surface area contributed by atoms with Crippen LogP contribution in [0.2, 0.25) is 0 Å². The standard InChI is InChI=1S/C10H11FN2OS/c11-2-1-10-12-7-9(15-10)8-13-3-5-14-6-4-13/h7H,3-6,8H2. The van der Waals surface area contributed by atoms with Gasteiger partial charge in [-0.1, -0.05) is 0 Å². The predicted molar refractivity (Wildman–Crippen MR) is 56.2 cm³/mol. The topological polar surface area (TPSA) is 25.4 Å².